The summed E-state index contributed by atoms with van der Waals surface area (Å²) in [4.78, 5) is 18.2. The predicted octanol–water partition coefficient (Wildman–Crippen LogP) is 1.89. The minimum atomic E-state index is 0. The van der Waals surface area contributed by atoms with Crippen molar-refractivity contribution in [3.05, 3.63) is 30.1 Å². The molecule has 2 unspecified atom stereocenters. The summed E-state index contributed by atoms with van der Waals surface area (Å²) < 4.78 is 0. The molecule has 6 heteroatoms. The Hall–Kier alpha value is -0.840. The molecule has 2 aliphatic heterocycles. The monoisotopic (exact) mass is 303 g/mol. The number of amides is 1. The van der Waals surface area contributed by atoms with E-state index < -0.39 is 0 Å². The van der Waals surface area contributed by atoms with Gasteiger partial charge in [-0.05, 0) is 31.4 Å². The van der Waals surface area contributed by atoms with Crippen molar-refractivity contribution < 1.29 is 4.79 Å². The summed E-state index contributed by atoms with van der Waals surface area (Å²) in [6.07, 6.45) is 6.89. The summed E-state index contributed by atoms with van der Waals surface area (Å²) in [6, 6.07) is 4.70. The molecule has 3 rings (SSSR count). The van der Waals surface area contributed by atoms with Crippen molar-refractivity contribution in [2.75, 3.05) is 13.1 Å². The highest BCUT2D eigenvalue weighted by Crippen LogP contribution is 2.21. The molecule has 0 radical (unpaired) electrons. The van der Waals surface area contributed by atoms with E-state index in [-0.39, 0.29) is 30.7 Å². The molecule has 1 aromatic rings. The van der Waals surface area contributed by atoms with Gasteiger partial charge in [0.15, 0.2) is 0 Å². The molecule has 0 spiro atoms. The first-order valence-corrected chi connectivity index (χ1v) is 6.28. The van der Waals surface area contributed by atoms with Gasteiger partial charge in [0.25, 0.3) is 5.91 Å². The molecule has 1 aromatic heterocycles. The number of hydrogen-bond acceptors (Lipinski definition) is 3. The van der Waals surface area contributed by atoms with Gasteiger partial charge in [-0.25, -0.2) is 0 Å². The minimum absolute atomic E-state index is 0. The van der Waals surface area contributed by atoms with E-state index >= 15 is 0 Å². The molecule has 2 fully saturated rings. The van der Waals surface area contributed by atoms with Crippen molar-refractivity contribution in [2.45, 2.75) is 31.3 Å². The number of nitrogens with zero attached hydrogens (tertiary/aromatic N) is 2. The van der Waals surface area contributed by atoms with E-state index in [1.807, 2.05) is 4.90 Å². The molecule has 2 atom stereocenters. The smallest absolute Gasteiger partial charge is 0.254 e. The third kappa shape index (κ3) is 3.59. The number of fused-ring (bicyclic) bond motifs is 2. The molecule has 0 aromatic carbocycles. The number of nitrogens with one attached hydrogen (secondary N) is 1. The highest BCUT2D eigenvalue weighted by Gasteiger charge is 2.31. The van der Waals surface area contributed by atoms with Crippen LogP contribution < -0.4 is 5.32 Å². The summed E-state index contributed by atoms with van der Waals surface area (Å²) in [5.41, 5.74) is 0.748. The lowest BCUT2D eigenvalue weighted by Crippen LogP contribution is -2.39. The fraction of sp³-hybridized carbons (Fsp3) is 0.538. The number of carbonyl (C=O) groups excluding carboxylic acids is 1. The number of halogens is 2. The van der Waals surface area contributed by atoms with E-state index in [0.29, 0.717) is 12.1 Å². The fourth-order valence-corrected chi connectivity index (χ4v) is 2.80. The Labute approximate surface area is 125 Å². The Bertz CT molecular complexity index is 416. The molecule has 19 heavy (non-hydrogen) atoms. The number of aromatic nitrogens is 1. The predicted molar refractivity (Wildman–Crippen MR) is 79.2 cm³/mol. The quantitative estimate of drug-likeness (QED) is 0.862. The second-order valence-corrected chi connectivity index (χ2v) is 4.91. The van der Waals surface area contributed by atoms with Crippen molar-refractivity contribution in [2.24, 2.45) is 0 Å². The molecule has 2 aliphatic rings. The Morgan fingerprint density at radius 1 is 1.16 bits per heavy atom. The zero-order valence-corrected chi connectivity index (χ0v) is 12.3. The van der Waals surface area contributed by atoms with E-state index in [0.717, 1.165) is 25.1 Å². The van der Waals surface area contributed by atoms with Gasteiger partial charge in [0.05, 0.1) is 0 Å². The zero-order valence-electron chi connectivity index (χ0n) is 10.6. The van der Waals surface area contributed by atoms with E-state index in [1.165, 1.54) is 12.8 Å². The second-order valence-electron chi connectivity index (χ2n) is 4.91. The van der Waals surface area contributed by atoms with Gasteiger partial charge in [0.1, 0.15) is 0 Å². The minimum Gasteiger partial charge on any atom is -0.337 e. The maximum absolute atomic E-state index is 12.3. The summed E-state index contributed by atoms with van der Waals surface area (Å²) >= 11 is 0. The largest absolute Gasteiger partial charge is 0.337 e. The van der Waals surface area contributed by atoms with Crippen LogP contribution in [0.25, 0.3) is 0 Å². The Morgan fingerprint density at radius 3 is 2.58 bits per heavy atom. The van der Waals surface area contributed by atoms with Gasteiger partial charge in [-0.3, -0.25) is 9.78 Å². The van der Waals surface area contributed by atoms with E-state index in [4.69, 9.17) is 0 Å². The zero-order chi connectivity index (χ0) is 11.7. The van der Waals surface area contributed by atoms with Crippen molar-refractivity contribution in [1.29, 1.82) is 0 Å². The molecule has 106 valence electrons. The molecule has 4 nitrogen and oxygen atoms in total. The highest BCUT2D eigenvalue weighted by molar-refractivity contribution is 5.94. The van der Waals surface area contributed by atoms with Crippen molar-refractivity contribution >= 4 is 30.7 Å². The fourth-order valence-electron chi connectivity index (χ4n) is 2.80. The average Bonchev–Trinajstić information content (AvgIpc) is 2.69. The first-order valence-electron chi connectivity index (χ1n) is 6.28. The second kappa shape index (κ2) is 7.08. The molecule has 2 saturated heterocycles. The molecule has 0 aliphatic carbocycles. The third-order valence-corrected chi connectivity index (χ3v) is 3.74. The van der Waals surface area contributed by atoms with Gasteiger partial charge in [-0.15, -0.1) is 24.8 Å². The number of rotatable bonds is 1. The van der Waals surface area contributed by atoms with Crippen LogP contribution in [-0.4, -0.2) is 41.0 Å². The standard InChI is InChI=1S/C13H17N3O.2ClH/c17-13(10-3-6-14-7-4-10)16-8-5-11-1-2-12(9-16)15-11;;/h3-4,6-7,11-12,15H,1-2,5,8-9H2;2*1H. The number of pyridine rings is 1. The van der Waals surface area contributed by atoms with Gasteiger partial charge in [-0.2, -0.15) is 0 Å². The maximum atomic E-state index is 12.3. The number of hydrogen-bond donors (Lipinski definition) is 1. The van der Waals surface area contributed by atoms with Crippen LogP contribution in [0.2, 0.25) is 0 Å². The lowest BCUT2D eigenvalue weighted by atomic mass is 10.1. The first-order chi connectivity index (χ1) is 8.33. The molecule has 1 N–H and O–H groups in total. The van der Waals surface area contributed by atoms with Gasteiger partial charge in [0.2, 0.25) is 0 Å². The Balaban J connectivity index is 0.000000902. The lowest BCUT2D eigenvalue weighted by molar-refractivity contribution is 0.0748. The molecule has 2 bridgehead atoms. The molecule has 0 saturated carbocycles. The topological polar surface area (TPSA) is 45.2 Å². The Kier molecular flexibility index (Phi) is 6.04. The normalized spacial score (nSPS) is 24.9. The number of likely N-dealkylation sites (tertiary alicyclic amines) is 1. The van der Waals surface area contributed by atoms with E-state index in [2.05, 4.69) is 10.3 Å². The van der Waals surface area contributed by atoms with Crippen LogP contribution in [0.3, 0.4) is 0 Å². The van der Waals surface area contributed by atoms with E-state index in [1.54, 1.807) is 24.5 Å². The molecule has 1 amide bonds. The van der Waals surface area contributed by atoms with Crippen LogP contribution in [0, 0.1) is 0 Å². The van der Waals surface area contributed by atoms with Crippen LogP contribution >= 0.6 is 24.8 Å². The first kappa shape index (κ1) is 16.2. The molecule has 3 heterocycles. The van der Waals surface area contributed by atoms with Gasteiger partial charge in [0, 0.05) is 43.1 Å². The highest BCUT2D eigenvalue weighted by atomic mass is 35.5. The van der Waals surface area contributed by atoms with Gasteiger partial charge in [-0.1, -0.05) is 0 Å². The summed E-state index contributed by atoms with van der Waals surface area (Å²) in [5.74, 6) is 0.141. The number of carbonyl (C=O) groups is 1. The van der Waals surface area contributed by atoms with Gasteiger partial charge >= 0.3 is 0 Å². The third-order valence-electron chi connectivity index (χ3n) is 3.74. The summed E-state index contributed by atoms with van der Waals surface area (Å²) in [6.45, 7) is 1.72. The van der Waals surface area contributed by atoms with Crippen LogP contribution in [-0.2, 0) is 0 Å². The van der Waals surface area contributed by atoms with E-state index in [9.17, 15) is 4.79 Å². The van der Waals surface area contributed by atoms with Crippen molar-refractivity contribution in [3.63, 3.8) is 0 Å². The van der Waals surface area contributed by atoms with Crippen LogP contribution in [0.4, 0.5) is 0 Å². The summed E-state index contributed by atoms with van der Waals surface area (Å²) in [7, 11) is 0. The SMILES string of the molecule is Cl.Cl.O=C(c1ccncc1)N1CCC2CCC(C1)N2. The molecular formula is C13H19Cl2N3O. The van der Waals surface area contributed by atoms with Crippen molar-refractivity contribution in [1.82, 2.24) is 15.2 Å². The lowest BCUT2D eigenvalue weighted by Gasteiger charge is -2.24. The van der Waals surface area contributed by atoms with Crippen LogP contribution in [0.1, 0.15) is 29.6 Å². The van der Waals surface area contributed by atoms with Crippen molar-refractivity contribution in [3.8, 4) is 0 Å². The van der Waals surface area contributed by atoms with Crippen LogP contribution in [0.15, 0.2) is 24.5 Å². The van der Waals surface area contributed by atoms with Crippen LogP contribution in [0.5, 0.6) is 0 Å². The maximum Gasteiger partial charge on any atom is 0.254 e. The summed E-state index contributed by atoms with van der Waals surface area (Å²) in [5, 5.41) is 3.58. The molecular weight excluding hydrogens is 285 g/mol. The average molecular weight is 304 g/mol. The van der Waals surface area contributed by atoms with Gasteiger partial charge < -0.3 is 10.2 Å². The Morgan fingerprint density at radius 2 is 1.84 bits per heavy atom.